The van der Waals surface area contributed by atoms with Crippen LogP contribution in [-0.4, -0.2) is 5.75 Å². The Morgan fingerprint density at radius 1 is 1.25 bits per heavy atom. The van der Waals surface area contributed by atoms with E-state index in [9.17, 15) is 4.39 Å². The Bertz CT molecular complexity index is 580. The lowest BCUT2D eigenvalue weighted by Gasteiger charge is -2.17. The van der Waals surface area contributed by atoms with E-state index in [1.54, 1.807) is 23.9 Å². The van der Waals surface area contributed by atoms with Crippen LogP contribution in [0.5, 0.6) is 0 Å². The zero-order valence-electron chi connectivity index (χ0n) is 10.4. The maximum absolute atomic E-state index is 13.9. The molecule has 1 atom stereocenters. The smallest absolute Gasteiger partial charge is 0.129 e. The summed E-state index contributed by atoms with van der Waals surface area (Å²) in [5, 5.41) is 0.377. The molecule has 0 radical (unpaired) electrons. The molecule has 2 aromatic rings. The van der Waals surface area contributed by atoms with E-state index in [1.165, 1.54) is 6.07 Å². The van der Waals surface area contributed by atoms with Gasteiger partial charge in [0.15, 0.2) is 0 Å². The first-order chi connectivity index (χ1) is 9.60. The number of halogens is 3. The maximum Gasteiger partial charge on any atom is 0.129 e. The second kappa shape index (κ2) is 7.43. The summed E-state index contributed by atoms with van der Waals surface area (Å²) in [6, 6.07) is 12.3. The van der Waals surface area contributed by atoms with E-state index in [-0.39, 0.29) is 11.9 Å². The normalized spacial score (nSPS) is 12.4. The van der Waals surface area contributed by atoms with E-state index in [1.807, 2.05) is 24.3 Å². The fraction of sp³-hybridized carbons (Fsp3) is 0.143. The molecule has 6 heteroatoms. The molecule has 0 aliphatic rings. The topological polar surface area (TPSA) is 38.0 Å². The largest absolute Gasteiger partial charge is 0.271 e. The molecule has 106 valence electrons. The van der Waals surface area contributed by atoms with Gasteiger partial charge in [-0.2, -0.15) is 0 Å². The Kier molecular flexibility index (Phi) is 5.86. The van der Waals surface area contributed by atoms with Gasteiger partial charge >= 0.3 is 0 Å². The Morgan fingerprint density at radius 2 is 1.95 bits per heavy atom. The van der Waals surface area contributed by atoms with Crippen LogP contribution in [0.3, 0.4) is 0 Å². The van der Waals surface area contributed by atoms with Gasteiger partial charge in [0.1, 0.15) is 5.82 Å². The van der Waals surface area contributed by atoms with E-state index in [4.69, 9.17) is 17.4 Å². The molecule has 0 spiro atoms. The number of rotatable bonds is 5. The predicted molar refractivity (Wildman–Crippen MR) is 86.3 cm³/mol. The Hall–Kier alpha value is -0.590. The number of benzene rings is 2. The molecule has 3 N–H and O–H groups in total. The van der Waals surface area contributed by atoms with Crippen LogP contribution in [0.15, 0.2) is 51.8 Å². The second-order valence-corrected chi connectivity index (χ2v) is 6.60. The van der Waals surface area contributed by atoms with Crippen molar-refractivity contribution in [3.8, 4) is 0 Å². The fourth-order valence-corrected chi connectivity index (χ4v) is 3.11. The molecule has 0 bridgehead atoms. The Labute approximate surface area is 135 Å². The summed E-state index contributed by atoms with van der Waals surface area (Å²) >= 11 is 10.7. The summed E-state index contributed by atoms with van der Waals surface area (Å²) in [5.74, 6) is 5.80. The molecule has 0 heterocycles. The number of nitrogens with one attached hydrogen (secondary N) is 1. The molecule has 0 aromatic heterocycles. The Balaban J connectivity index is 2.07. The van der Waals surface area contributed by atoms with Gasteiger partial charge in [-0.1, -0.05) is 33.6 Å². The third-order valence-electron chi connectivity index (χ3n) is 2.77. The number of hydrogen-bond acceptors (Lipinski definition) is 3. The average molecular weight is 376 g/mol. The van der Waals surface area contributed by atoms with Crippen LogP contribution >= 0.6 is 39.3 Å². The molecule has 0 saturated heterocycles. The van der Waals surface area contributed by atoms with Gasteiger partial charge in [0.2, 0.25) is 0 Å². The minimum absolute atomic E-state index is 0.277. The molecule has 20 heavy (non-hydrogen) atoms. The predicted octanol–water partition coefficient (Wildman–Crippen LogP) is 4.54. The van der Waals surface area contributed by atoms with Gasteiger partial charge in [-0.3, -0.25) is 11.3 Å². The van der Waals surface area contributed by atoms with Crippen molar-refractivity contribution in [2.75, 3.05) is 5.75 Å². The van der Waals surface area contributed by atoms with Crippen LogP contribution in [-0.2, 0) is 0 Å². The van der Waals surface area contributed by atoms with Crippen molar-refractivity contribution in [3.05, 3.63) is 63.3 Å². The molecule has 0 amide bonds. The zero-order valence-corrected chi connectivity index (χ0v) is 13.6. The third kappa shape index (κ3) is 4.20. The summed E-state index contributed by atoms with van der Waals surface area (Å²) in [6.45, 7) is 0. The Morgan fingerprint density at radius 3 is 2.55 bits per heavy atom. The molecule has 0 saturated carbocycles. The zero-order chi connectivity index (χ0) is 14.5. The molecule has 2 aromatic carbocycles. The molecular weight excluding hydrogens is 363 g/mol. The first kappa shape index (κ1) is 15.8. The monoisotopic (exact) mass is 374 g/mol. The van der Waals surface area contributed by atoms with Gasteiger partial charge in [0.25, 0.3) is 0 Å². The molecule has 2 nitrogen and oxygen atoms in total. The van der Waals surface area contributed by atoms with Gasteiger partial charge in [-0.05, 0) is 36.4 Å². The van der Waals surface area contributed by atoms with Gasteiger partial charge in [0, 0.05) is 25.7 Å². The van der Waals surface area contributed by atoms with E-state index in [0.29, 0.717) is 16.3 Å². The fourth-order valence-electron chi connectivity index (χ4n) is 1.72. The summed E-state index contributed by atoms with van der Waals surface area (Å²) < 4.78 is 14.9. The molecule has 0 aliphatic carbocycles. The summed E-state index contributed by atoms with van der Waals surface area (Å²) in [6.07, 6.45) is 0. The minimum atomic E-state index is -0.350. The van der Waals surface area contributed by atoms with Crippen molar-refractivity contribution in [2.45, 2.75) is 10.9 Å². The highest BCUT2D eigenvalue weighted by Gasteiger charge is 2.15. The van der Waals surface area contributed by atoms with Crippen molar-refractivity contribution >= 4 is 39.3 Å². The van der Waals surface area contributed by atoms with E-state index < -0.39 is 0 Å². The van der Waals surface area contributed by atoms with Gasteiger partial charge in [-0.15, -0.1) is 11.8 Å². The number of thioether (sulfide) groups is 1. The SMILES string of the molecule is NNC(CSc1ccc(Br)cc1)c1ccc(Cl)cc1F. The number of hydrogen-bond donors (Lipinski definition) is 2. The van der Waals surface area contributed by atoms with Crippen molar-refractivity contribution in [2.24, 2.45) is 5.84 Å². The number of nitrogens with two attached hydrogens (primary N) is 1. The highest BCUT2D eigenvalue weighted by atomic mass is 79.9. The van der Waals surface area contributed by atoms with Crippen molar-refractivity contribution in [1.29, 1.82) is 0 Å². The van der Waals surface area contributed by atoms with Crippen molar-refractivity contribution < 1.29 is 4.39 Å². The maximum atomic E-state index is 13.9. The third-order valence-corrected chi connectivity index (χ3v) is 4.64. The highest BCUT2D eigenvalue weighted by Crippen LogP contribution is 2.27. The highest BCUT2D eigenvalue weighted by molar-refractivity contribution is 9.10. The van der Waals surface area contributed by atoms with Crippen molar-refractivity contribution in [1.82, 2.24) is 5.43 Å². The first-order valence-corrected chi connectivity index (χ1v) is 8.05. The molecular formula is C14H13BrClFN2S. The molecule has 0 aliphatic heterocycles. The van der Waals surface area contributed by atoms with Crippen LogP contribution in [0, 0.1) is 5.82 Å². The lowest BCUT2D eigenvalue weighted by molar-refractivity contribution is 0.546. The van der Waals surface area contributed by atoms with E-state index >= 15 is 0 Å². The van der Waals surface area contributed by atoms with E-state index in [0.717, 1.165) is 9.37 Å². The second-order valence-electron chi connectivity index (χ2n) is 4.15. The summed E-state index contributed by atoms with van der Waals surface area (Å²) in [5.41, 5.74) is 3.16. The van der Waals surface area contributed by atoms with Gasteiger partial charge < -0.3 is 0 Å². The minimum Gasteiger partial charge on any atom is -0.271 e. The lowest BCUT2D eigenvalue weighted by atomic mass is 10.1. The van der Waals surface area contributed by atoms with Crippen molar-refractivity contribution in [3.63, 3.8) is 0 Å². The summed E-state index contributed by atoms with van der Waals surface area (Å²) in [4.78, 5) is 1.10. The quantitative estimate of drug-likeness (QED) is 0.458. The number of hydrazine groups is 1. The molecule has 1 unspecified atom stereocenters. The van der Waals surface area contributed by atoms with Crippen LogP contribution in [0.2, 0.25) is 5.02 Å². The average Bonchev–Trinajstić information content (AvgIpc) is 2.43. The van der Waals surface area contributed by atoms with Crippen LogP contribution in [0.25, 0.3) is 0 Å². The first-order valence-electron chi connectivity index (χ1n) is 5.89. The lowest BCUT2D eigenvalue weighted by Crippen LogP contribution is -2.30. The van der Waals surface area contributed by atoms with E-state index in [2.05, 4.69) is 21.4 Å². The van der Waals surface area contributed by atoms with Crippen LogP contribution in [0.1, 0.15) is 11.6 Å². The summed E-state index contributed by atoms with van der Waals surface area (Å²) in [7, 11) is 0. The van der Waals surface area contributed by atoms with Gasteiger partial charge in [-0.25, -0.2) is 4.39 Å². The standard InChI is InChI=1S/C14H13BrClFN2S/c15-9-1-4-11(5-2-9)20-8-14(19-18)12-6-3-10(16)7-13(12)17/h1-7,14,19H,8,18H2. The van der Waals surface area contributed by atoms with Crippen LogP contribution in [0.4, 0.5) is 4.39 Å². The van der Waals surface area contributed by atoms with Gasteiger partial charge in [0.05, 0.1) is 6.04 Å². The molecule has 2 rings (SSSR count). The van der Waals surface area contributed by atoms with Crippen LogP contribution < -0.4 is 11.3 Å². The molecule has 0 fully saturated rings.